The molecule has 0 amide bonds. The van der Waals surface area contributed by atoms with Crippen molar-refractivity contribution in [1.29, 1.82) is 0 Å². The molecule has 0 bridgehead atoms. The molecule has 4 aromatic rings. The van der Waals surface area contributed by atoms with E-state index in [1.54, 1.807) is 30.5 Å². The number of anilines is 2. The summed E-state index contributed by atoms with van der Waals surface area (Å²) in [4.78, 5) is 21.4. The number of allylic oxidation sites excluding steroid dienone is 1. The summed E-state index contributed by atoms with van der Waals surface area (Å²) in [5.41, 5.74) is 2.21. The summed E-state index contributed by atoms with van der Waals surface area (Å²) in [5, 5.41) is 4.52. The zero-order valence-corrected chi connectivity index (χ0v) is 20.6. The average molecular weight is 519 g/mol. The van der Waals surface area contributed by atoms with Crippen molar-refractivity contribution >= 4 is 40.3 Å². The molecule has 188 valence electrons. The lowest BCUT2D eigenvalue weighted by Crippen LogP contribution is -2.21. The number of benzene rings is 3. The standard InChI is InChI=1S/C28H24ClFN4O3/c29-25-14-21(5-8-27(25)36-17-19-3-1-4-20(30)13-19)33-28-24-15-22(6-7-26(24)31-18-32-28)37-23-9-11-34(16-23)10-2-12-35/h1-8,10,12-15,18,23H,9,11,16-17H2,(H,31,32,33)/t23-/m0/s1. The van der Waals surface area contributed by atoms with Crippen molar-refractivity contribution in [2.24, 2.45) is 0 Å². The number of aldehydes is 1. The SMILES string of the molecule is O=CC=CN1CC[C@H](Oc2ccc3ncnc(Nc4ccc(OCc5cccc(F)c5)c(Cl)c4)c3c2)C1. The van der Waals surface area contributed by atoms with Gasteiger partial charge in [-0.3, -0.25) is 4.79 Å². The number of carbonyl (C=O) groups excluding carboxylic acids is 1. The fourth-order valence-corrected chi connectivity index (χ4v) is 4.40. The highest BCUT2D eigenvalue weighted by Gasteiger charge is 2.22. The Morgan fingerprint density at radius 1 is 1.14 bits per heavy atom. The zero-order valence-electron chi connectivity index (χ0n) is 19.8. The maximum atomic E-state index is 13.4. The Bertz CT molecular complexity index is 1450. The molecule has 1 saturated heterocycles. The number of rotatable bonds is 9. The first-order chi connectivity index (χ1) is 18.1. The third-order valence-corrected chi connectivity index (χ3v) is 6.23. The Labute approximate surface area is 218 Å². The van der Waals surface area contributed by atoms with Crippen LogP contribution in [0.15, 0.2) is 79.3 Å². The lowest BCUT2D eigenvalue weighted by atomic mass is 10.2. The van der Waals surface area contributed by atoms with Gasteiger partial charge in [-0.05, 0) is 60.2 Å². The molecule has 0 aliphatic carbocycles. The minimum Gasteiger partial charge on any atom is -0.488 e. The summed E-state index contributed by atoms with van der Waals surface area (Å²) in [5.74, 6) is 1.51. The van der Waals surface area contributed by atoms with E-state index in [4.69, 9.17) is 21.1 Å². The van der Waals surface area contributed by atoms with Crippen LogP contribution in [0.5, 0.6) is 11.5 Å². The minimum absolute atomic E-state index is 0.0218. The Hall–Kier alpha value is -4.17. The lowest BCUT2D eigenvalue weighted by Gasteiger charge is -2.16. The van der Waals surface area contributed by atoms with Crippen LogP contribution in [-0.2, 0) is 11.4 Å². The van der Waals surface area contributed by atoms with Crippen LogP contribution in [0.2, 0.25) is 5.02 Å². The lowest BCUT2D eigenvalue weighted by molar-refractivity contribution is -0.104. The molecule has 0 saturated carbocycles. The summed E-state index contributed by atoms with van der Waals surface area (Å²) in [6.45, 7) is 1.75. The minimum atomic E-state index is -0.311. The van der Waals surface area contributed by atoms with Crippen molar-refractivity contribution in [3.63, 3.8) is 0 Å². The number of likely N-dealkylation sites (tertiary alicyclic amines) is 1. The maximum Gasteiger partial charge on any atom is 0.144 e. The molecule has 0 unspecified atom stereocenters. The third kappa shape index (κ3) is 6.16. The Balaban J connectivity index is 1.28. The molecule has 1 fully saturated rings. The van der Waals surface area contributed by atoms with Crippen LogP contribution in [0.1, 0.15) is 12.0 Å². The molecule has 7 nitrogen and oxygen atoms in total. The van der Waals surface area contributed by atoms with Crippen molar-refractivity contribution in [1.82, 2.24) is 14.9 Å². The van der Waals surface area contributed by atoms with E-state index >= 15 is 0 Å². The summed E-state index contributed by atoms with van der Waals surface area (Å²) in [6.07, 6.45) is 6.43. The molecule has 2 heterocycles. The number of carbonyl (C=O) groups is 1. The topological polar surface area (TPSA) is 76.6 Å². The largest absolute Gasteiger partial charge is 0.488 e. The molecular formula is C28H24ClFN4O3. The predicted molar refractivity (Wildman–Crippen MR) is 141 cm³/mol. The summed E-state index contributed by atoms with van der Waals surface area (Å²) in [6, 6.07) is 17.3. The molecule has 0 radical (unpaired) electrons. The number of fused-ring (bicyclic) bond motifs is 1. The van der Waals surface area contributed by atoms with Crippen LogP contribution in [0.4, 0.5) is 15.9 Å². The van der Waals surface area contributed by atoms with Gasteiger partial charge in [-0.2, -0.15) is 0 Å². The maximum absolute atomic E-state index is 13.4. The van der Waals surface area contributed by atoms with E-state index in [2.05, 4.69) is 20.2 Å². The van der Waals surface area contributed by atoms with E-state index in [-0.39, 0.29) is 18.5 Å². The van der Waals surface area contributed by atoms with Gasteiger partial charge in [0.25, 0.3) is 0 Å². The van der Waals surface area contributed by atoms with Crippen molar-refractivity contribution in [3.05, 3.63) is 95.7 Å². The first kappa shape index (κ1) is 24.5. The van der Waals surface area contributed by atoms with Gasteiger partial charge in [0, 0.05) is 30.2 Å². The van der Waals surface area contributed by atoms with Gasteiger partial charge in [0.2, 0.25) is 0 Å². The average Bonchev–Trinajstić information content (AvgIpc) is 3.34. The number of nitrogens with one attached hydrogen (secondary N) is 1. The fourth-order valence-electron chi connectivity index (χ4n) is 4.16. The van der Waals surface area contributed by atoms with Crippen LogP contribution >= 0.6 is 11.6 Å². The normalized spacial score (nSPS) is 15.3. The number of hydrogen-bond donors (Lipinski definition) is 1. The molecule has 5 rings (SSSR count). The number of hydrogen-bond acceptors (Lipinski definition) is 7. The van der Waals surface area contributed by atoms with Gasteiger partial charge >= 0.3 is 0 Å². The van der Waals surface area contributed by atoms with E-state index in [1.807, 2.05) is 24.3 Å². The Kier molecular flexibility index (Phi) is 7.46. The number of ether oxygens (including phenoxy) is 2. The highest BCUT2D eigenvalue weighted by Crippen LogP contribution is 2.32. The van der Waals surface area contributed by atoms with Gasteiger partial charge in [0.15, 0.2) is 0 Å². The molecule has 9 heteroatoms. The van der Waals surface area contributed by atoms with Crippen molar-refractivity contribution < 1.29 is 18.7 Å². The number of aromatic nitrogens is 2. The molecule has 1 atom stereocenters. The molecular weight excluding hydrogens is 495 g/mol. The molecule has 3 aromatic carbocycles. The van der Waals surface area contributed by atoms with Crippen LogP contribution in [0.3, 0.4) is 0 Å². The van der Waals surface area contributed by atoms with Crippen molar-refractivity contribution in [2.75, 3.05) is 18.4 Å². The summed E-state index contributed by atoms with van der Waals surface area (Å²) >= 11 is 6.46. The summed E-state index contributed by atoms with van der Waals surface area (Å²) < 4.78 is 25.4. The van der Waals surface area contributed by atoms with E-state index < -0.39 is 0 Å². The zero-order chi connectivity index (χ0) is 25.6. The fraction of sp³-hybridized carbons (Fsp3) is 0.179. The summed E-state index contributed by atoms with van der Waals surface area (Å²) in [7, 11) is 0. The van der Waals surface area contributed by atoms with Crippen LogP contribution in [-0.4, -0.2) is 40.3 Å². The first-order valence-corrected chi connectivity index (χ1v) is 12.2. The van der Waals surface area contributed by atoms with Crippen LogP contribution in [0.25, 0.3) is 10.9 Å². The molecule has 1 aliphatic heterocycles. The highest BCUT2D eigenvalue weighted by molar-refractivity contribution is 6.32. The second kappa shape index (κ2) is 11.3. The Morgan fingerprint density at radius 2 is 2.05 bits per heavy atom. The third-order valence-electron chi connectivity index (χ3n) is 5.94. The van der Waals surface area contributed by atoms with Crippen molar-refractivity contribution in [3.8, 4) is 11.5 Å². The highest BCUT2D eigenvalue weighted by atomic mass is 35.5. The van der Waals surface area contributed by atoms with E-state index in [9.17, 15) is 9.18 Å². The van der Waals surface area contributed by atoms with E-state index in [1.165, 1.54) is 24.5 Å². The van der Waals surface area contributed by atoms with Gasteiger partial charge < -0.3 is 19.7 Å². The van der Waals surface area contributed by atoms with E-state index in [0.29, 0.717) is 28.7 Å². The van der Waals surface area contributed by atoms with Gasteiger partial charge in [-0.1, -0.05) is 23.7 Å². The van der Waals surface area contributed by atoms with Gasteiger partial charge in [-0.25, -0.2) is 14.4 Å². The quantitative estimate of drug-likeness (QED) is 0.218. The van der Waals surface area contributed by atoms with Gasteiger partial charge in [0.05, 0.1) is 17.1 Å². The Morgan fingerprint density at radius 3 is 2.89 bits per heavy atom. The smallest absolute Gasteiger partial charge is 0.144 e. The molecule has 1 aliphatic rings. The molecule has 37 heavy (non-hydrogen) atoms. The monoisotopic (exact) mass is 518 g/mol. The van der Waals surface area contributed by atoms with E-state index in [0.717, 1.165) is 41.6 Å². The van der Waals surface area contributed by atoms with Crippen molar-refractivity contribution in [2.45, 2.75) is 19.1 Å². The van der Waals surface area contributed by atoms with Gasteiger partial charge in [-0.15, -0.1) is 0 Å². The van der Waals surface area contributed by atoms with Crippen LogP contribution in [0, 0.1) is 5.82 Å². The number of halogens is 2. The number of nitrogens with zero attached hydrogens (tertiary/aromatic N) is 3. The van der Waals surface area contributed by atoms with Crippen LogP contribution < -0.4 is 14.8 Å². The second-order valence-electron chi connectivity index (χ2n) is 8.59. The molecule has 0 spiro atoms. The second-order valence-corrected chi connectivity index (χ2v) is 9.00. The first-order valence-electron chi connectivity index (χ1n) is 11.8. The van der Waals surface area contributed by atoms with Gasteiger partial charge in [0.1, 0.15) is 48.5 Å². The molecule has 1 N–H and O–H groups in total. The molecule has 1 aromatic heterocycles. The predicted octanol–water partition coefficient (Wildman–Crippen LogP) is 5.91.